The second kappa shape index (κ2) is 4.45. The van der Waals surface area contributed by atoms with Gasteiger partial charge in [0.1, 0.15) is 5.75 Å². The van der Waals surface area contributed by atoms with Crippen molar-refractivity contribution in [1.29, 1.82) is 0 Å². The maximum absolute atomic E-state index is 5.91. The van der Waals surface area contributed by atoms with Crippen LogP contribution in [-0.2, 0) is 0 Å². The molecular formula is C13H12ClNO. The summed E-state index contributed by atoms with van der Waals surface area (Å²) in [4.78, 5) is 0. The molecule has 0 saturated carbocycles. The van der Waals surface area contributed by atoms with Crippen molar-refractivity contribution in [3.05, 3.63) is 47.5 Å². The Bertz CT molecular complexity index is 511. The van der Waals surface area contributed by atoms with Crippen LogP contribution < -0.4 is 10.5 Å². The highest BCUT2D eigenvalue weighted by Crippen LogP contribution is 2.32. The molecule has 0 atom stereocenters. The number of anilines is 1. The lowest BCUT2D eigenvalue weighted by atomic mass is 10.0. The van der Waals surface area contributed by atoms with E-state index in [1.54, 1.807) is 13.2 Å². The Kier molecular flexibility index (Phi) is 3.02. The summed E-state index contributed by atoms with van der Waals surface area (Å²) in [5.41, 5.74) is 8.49. The fraction of sp³-hybridized carbons (Fsp3) is 0.0769. The van der Waals surface area contributed by atoms with E-state index in [9.17, 15) is 0 Å². The number of ether oxygens (including phenoxy) is 1. The Morgan fingerprint density at radius 3 is 2.62 bits per heavy atom. The Labute approximate surface area is 99.6 Å². The molecule has 0 aromatic heterocycles. The third-order valence-corrected chi connectivity index (χ3v) is 2.60. The minimum atomic E-state index is 0.657. The summed E-state index contributed by atoms with van der Waals surface area (Å²) >= 11 is 5.91. The van der Waals surface area contributed by atoms with Crippen LogP contribution in [0.15, 0.2) is 42.5 Å². The van der Waals surface area contributed by atoms with Gasteiger partial charge < -0.3 is 10.5 Å². The third-order valence-electron chi connectivity index (χ3n) is 2.36. The van der Waals surface area contributed by atoms with E-state index in [2.05, 4.69) is 0 Å². The van der Waals surface area contributed by atoms with Crippen molar-refractivity contribution in [1.82, 2.24) is 0 Å². The van der Waals surface area contributed by atoms with E-state index in [1.807, 2.05) is 36.4 Å². The van der Waals surface area contributed by atoms with E-state index in [4.69, 9.17) is 22.1 Å². The highest BCUT2D eigenvalue weighted by molar-refractivity contribution is 6.30. The zero-order valence-electron chi connectivity index (χ0n) is 8.91. The van der Waals surface area contributed by atoms with Gasteiger partial charge in [0.25, 0.3) is 0 Å². The van der Waals surface area contributed by atoms with Crippen molar-refractivity contribution in [3.8, 4) is 16.9 Å². The molecule has 2 aromatic carbocycles. The van der Waals surface area contributed by atoms with Crippen molar-refractivity contribution in [2.75, 3.05) is 12.8 Å². The first-order valence-corrected chi connectivity index (χ1v) is 5.28. The lowest BCUT2D eigenvalue weighted by Gasteiger charge is -2.09. The minimum Gasteiger partial charge on any atom is -0.496 e. The van der Waals surface area contributed by atoms with Gasteiger partial charge in [-0.2, -0.15) is 0 Å². The van der Waals surface area contributed by atoms with Crippen LogP contribution in [0.5, 0.6) is 5.75 Å². The van der Waals surface area contributed by atoms with Crippen LogP contribution in [-0.4, -0.2) is 7.11 Å². The summed E-state index contributed by atoms with van der Waals surface area (Å²) in [6.07, 6.45) is 0. The molecule has 0 amide bonds. The molecule has 2 rings (SSSR count). The SMILES string of the molecule is COc1cc(Cl)ccc1-c1cccc(N)c1. The summed E-state index contributed by atoms with van der Waals surface area (Å²) in [5, 5.41) is 0.657. The van der Waals surface area contributed by atoms with Gasteiger partial charge in [0, 0.05) is 16.3 Å². The first-order chi connectivity index (χ1) is 7.70. The van der Waals surface area contributed by atoms with Crippen molar-refractivity contribution in [2.24, 2.45) is 0 Å². The van der Waals surface area contributed by atoms with Gasteiger partial charge in [-0.15, -0.1) is 0 Å². The Morgan fingerprint density at radius 2 is 1.94 bits per heavy atom. The van der Waals surface area contributed by atoms with Crippen molar-refractivity contribution in [2.45, 2.75) is 0 Å². The first kappa shape index (κ1) is 10.8. The van der Waals surface area contributed by atoms with E-state index < -0.39 is 0 Å². The second-order valence-electron chi connectivity index (χ2n) is 3.47. The molecule has 0 heterocycles. The smallest absolute Gasteiger partial charge is 0.128 e. The highest BCUT2D eigenvalue weighted by atomic mass is 35.5. The molecule has 0 unspecified atom stereocenters. The monoisotopic (exact) mass is 233 g/mol. The van der Waals surface area contributed by atoms with Crippen LogP contribution in [0.4, 0.5) is 5.69 Å². The zero-order chi connectivity index (χ0) is 11.5. The number of nitrogen functional groups attached to an aromatic ring is 1. The fourth-order valence-corrected chi connectivity index (χ4v) is 1.77. The molecule has 0 aliphatic heterocycles. The topological polar surface area (TPSA) is 35.2 Å². The minimum absolute atomic E-state index is 0.657. The molecule has 0 aliphatic carbocycles. The van der Waals surface area contributed by atoms with Crippen LogP contribution in [0.1, 0.15) is 0 Å². The molecule has 2 nitrogen and oxygen atoms in total. The zero-order valence-corrected chi connectivity index (χ0v) is 9.66. The molecule has 3 heteroatoms. The molecule has 0 bridgehead atoms. The molecule has 0 radical (unpaired) electrons. The van der Waals surface area contributed by atoms with Crippen LogP contribution in [0.25, 0.3) is 11.1 Å². The summed E-state index contributed by atoms with van der Waals surface area (Å²) in [5.74, 6) is 0.748. The molecule has 82 valence electrons. The molecule has 0 spiro atoms. The first-order valence-electron chi connectivity index (χ1n) is 4.90. The highest BCUT2D eigenvalue weighted by Gasteiger charge is 2.06. The Balaban J connectivity index is 2.55. The Hall–Kier alpha value is -1.67. The average molecular weight is 234 g/mol. The second-order valence-corrected chi connectivity index (χ2v) is 3.91. The molecule has 2 N–H and O–H groups in total. The van der Waals surface area contributed by atoms with Gasteiger partial charge >= 0.3 is 0 Å². The van der Waals surface area contributed by atoms with E-state index in [-0.39, 0.29) is 0 Å². The van der Waals surface area contributed by atoms with Gasteiger partial charge in [0.05, 0.1) is 7.11 Å². The van der Waals surface area contributed by atoms with E-state index in [0.29, 0.717) is 5.02 Å². The number of halogens is 1. The quantitative estimate of drug-likeness (QED) is 0.805. The van der Waals surface area contributed by atoms with E-state index >= 15 is 0 Å². The average Bonchev–Trinajstić information content (AvgIpc) is 2.28. The van der Waals surface area contributed by atoms with E-state index in [0.717, 1.165) is 22.6 Å². The van der Waals surface area contributed by atoms with Crippen LogP contribution in [0.3, 0.4) is 0 Å². The fourth-order valence-electron chi connectivity index (χ4n) is 1.61. The third kappa shape index (κ3) is 2.12. The molecule has 2 aromatic rings. The molecule has 0 fully saturated rings. The normalized spacial score (nSPS) is 10.1. The van der Waals surface area contributed by atoms with Crippen LogP contribution in [0.2, 0.25) is 5.02 Å². The lowest BCUT2D eigenvalue weighted by molar-refractivity contribution is 0.416. The number of rotatable bonds is 2. The van der Waals surface area contributed by atoms with Gasteiger partial charge in [0.2, 0.25) is 0 Å². The predicted octanol–water partition coefficient (Wildman–Crippen LogP) is 3.60. The van der Waals surface area contributed by atoms with E-state index in [1.165, 1.54) is 0 Å². The van der Waals surface area contributed by atoms with Gasteiger partial charge in [-0.1, -0.05) is 23.7 Å². The van der Waals surface area contributed by atoms with Crippen molar-refractivity contribution >= 4 is 17.3 Å². The molecule has 0 aliphatic rings. The molecular weight excluding hydrogens is 222 g/mol. The van der Waals surface area contributed by atoms with Gasteiger partial charge in [-0.25, -0.2) is 0 Å². The van der Waals surface area contributed by atoms with Crippen LogP contribution >= 0.6 is 11.6 Å². The van der Waals surface area contributed by atoms with Crippen LogP contribution in [0, 0.1) is 0 Å². The predicted molar refractivity (Wildman–Crippen MR) is 67.9 cm³/mol. The lowest BCUT2D eigenvalue weighted by Crippen LogP contribution is -1.89. The number of hydrogen-bond donors (Lipinski definition) is 1. The van der Waals surface area contributed by atoms with Gasteiger partial charge in [0.15, 0.2) is 0 Å². The Morgan fingerprint density at radius 1 is 1.12 bits per heavy atom. The number of hydrogen-bond acceptors (Lipinski definition) is 2. The van der Waals surface area contributed by atoms with Gasteiger partial charge in [-0.3, -0.25) is 0 Å². The van der Waals surface area contributed by atoms with Crippen molar-refractivity contribution in [3.63, 3.8) is 0 Å². The molecule has 0 saturated heterocycles. The number of benzene rings is 2. The largest absolute Gasteiger partial charge is 0.496 e. The number of nitrogens with two attached hydrogens (primary N) is 1. The summed E-state index contributed by atoms with van der Waals surface area (Å²) in [6.45, 7) is 0. The van der Waals surface area contributed by atoms with Gasteiger partial charge in [-0.05, 0) is 35.9 Å². The maximum atomic E-state index is 5.91. The summed E-state index contributed by atoms with van der Waals surface area (Å²) in [7, 11) is 1.63. The molecule has 16 heavy (non-hydrogen) atoms. The summed E-state index contributed by atoms with van der Waals surface area (Å²) < 4.78 is 5.30. The summed E-state index contributed by atoms with van der Waals surface area (Å²) in [6, 6.07) is 13.2. The maximum Gasteiger partial charge on any atom is 0.128 e. The van der Waals surface area contributed by atoms with Crippen molar-refractivity contribution < 1.29 is 4.74 Å². The standard InChI is InChI=1S/C13H12ClNO/c1-16-13-8-10(14)5-6-12(13)9-3-2-4-11(15)7-9/h2-8H,15H2,1H3. The number of methoxy groups -OCH3 is 1.